The van der Waals surface area contributed by atoms with Crippen molar-refractivity contribution in [3.05, 3.63) is 42.5 Å². The molecule has 1 aromatic carbocycles. The molecule has 1 aliphatic heterocycles. The van der Waals surface area contributed by atoms with Gasteiger partial charge in [-0.05, 0) is 18.9 Å². The first-order chi connectivity index (χ1) is 13.2. The van der Waals surface area contributed by atoms with Crippen LogP contribution in [0.25, 0.3) is 28.1 Å². The highest BCUT2D eigenvalue weighted by molar-refractivity contribution is 5.91. The Labute approximate surface area is 156 Å². The van der Waals surface area contributed by atoms with Crippen LogP contribution >= 0.6 is 0 Å². The molecule has 4 aromatic rings. The van der Waals surface area contributed by atoms with Gasteiger partial charge >= 0.3 is 0 Å². The Balaban J connectivity index is 1.70. The van der Waals surface area contributed by atoms with Crippen LogP contribution in [0.5, 0.6) is 0 Å². The average molecular weight is 363 g/mol. The van der Waals surface area contributed by atoms with Gasteiger partial charge in [0.25, 0.3) is 0 Å². The summed E-state index contributed by atoms with van der Waals surface area (Å²) in [5, 5.41) is 15.0. The van der Waals surface area contributed by atoms with Crippen molar-refractivity contribution in [3.8, 4) is 17.2 Å². The van der Waals surface area contributed by atoms with Crippen molar-refractivity contribution in [2.24, 2.45) is 14.1 Å². The van der Waals surface area contributed by atoms with E-state index in [1.807, 2.05) is 41.8 Å². The molecule has 0 N–H and O–H groups in total. The van der Waals surface area contributed by atoms with Crippen molar-refractivity contribution >= 4 is 10.9 Å². The summed E-state index contributed by atoms with van der Waals surface area (Å²) in [4.78, 5) is 4.94. The lowest BCUT2D eigenvalue weighted by molar-refractivity contribution is 0.0836. The van der Waals surface area contributed by atoms with Gasteiger partial charge < -0.3 is 4.74 Å². The number of rotatable bonds is 3. The van der Waals surface area contributed by atoms with Crippen molar-refractivity contribution < 1.29 is 4.74 Å². The fourth-order valence-electron chi connectivity index (χ4n) is 3.69. The van der Waals surface area contributed by atoms with Crippen LogP contribution in [-0.2, 0) is 18.8 Å². The molecule has 5 rings (SSSR count). The lowest BCUT2D eigenvalue weighted by Gasteiger charge is -2.18. The second-order valence-electron chi connectivity index (χ2n) is 6.95. The topological polar surface area (TPSA) is 75.6 Å². The van der Waals surface area contributed by atoms with E-state index in [1.54, 1.807) is 10.9 Å². The fourth-order valence-corrected chi connectivity index (χ4v) is 3.69. The summed E-state index contributed by atoms with van der Waals surface area (Å²) in [5.74, 6) is 1.92. The second-order valence-corrected chi connectivity index (χ2v) is 6.95. The van der Waals surface area contributed by atoms with Crippen molar-refractivity contribution in [2.75, 3.05) is 13.2 Å². The summed E-state index contributed by atoms with van der Waals surface area (Å²) in [6.07, 6.45) is 5.63. The van der Waals surface area contributed by atoms with Crippen LogP contribution in [-0.4, -0.2) is 47.5 Å². The normalized spacial score (nSPS) is 15.6. The molecule has 1 saturated heterocycles. The highest BCUT2D eigenvalue weighted by atomic mass is 16.5. The van der Waals surface area contributed by atoms with Gasteiger partial charge in [-0.25, -0.2) is 9.67 Å². The molecule has 0 atom stereocenters. The zero-order chi connectivity index (χ0) is 18.4. The Morgan fingerprint density at radius 3 is 2.67 bits per heavy atom. The van der Waals surface area contributed by atoms with Gasteiger partial charge in [-0.1, -0.05) is 18.2 Å². The molecule has 0 aliphatic carbocycles. The van der Waals surface area contributed by atoms with Crippen molar-refractivity contribution in [1.82, 2.24) is 34.3 Å². The van der Waals surface area contributed by atoms with Crippen LogP contribution in [0.3, 0.4) is 0 Å². The van der Waals surface area contributed by atoms with Crippen molar-refractivity contribution in [1.29, 1.82) is 0 Å². The SMILES string of the molecule is Cn1cc(-n2nc(C3CCOCC3)nc2-c2nn(C)c3ccccc23)cn1. The number of hydrogen-bond acceptors (Lipinski definition) is 5. The first-order valence-corrected chi connectivity index (χ1v) is 9.16. The molecule has 0 spiro atoms. The molecule has 8 nitrogen and oxygen atoms in total. The highest BCUT2D eigenvalue weighted by Crippen LogP contribution is 2.31. The smallest absolute Gasteiger partial charge is 0.184 e. The number of aromatic nitrogens is 7. The maximum absolute atomic E-state index is 5.50. The van der Waals surface area contributed by atoms with Crippen molar-refractivity contribution in [3.63, 3.8) is 0 Å². The van der Waals surface area contributed by atoms with Crippen LogP contribution in [0.1, 0.15) is 24.6 Å². The minimum Gasteiger partial charge on any atom is -0.381 e. The van der Waals surface area contributed by atoms with Gasteiger partial charge in [0.1, 0.15) is 11.4 Å². The van der Waals surface area contributed by atoms with Crippen molar-refractivity contribution in [2.45, 2.75) is 18.8 Å². The van der Waals surface area contributed by atoms with Gasteiger partial charge in [-0.3, -0.25) is 9.36 Å². The minimum atomic E-state index is 0.311. The molecule has 138 valence electrons. The molecular formula is C19H21N7O. The minimum absolute atomic E-state index is 0.311. The molecule has 0 amide bonds. The Morgan fingerprint density at radius 2 is 1.89 bits per heavy atom. The number of para-hydroxylation sites is 1. The number of benzene rings is 1. The third kappa shape index (κ3) is 2.73. The summed E-state index contributed by atoms with van der Waals surface area (Å²) in [6.45, 7) is 1.52. The Morgan fingerprint density at radius 1 is 1.07 bits per heavy atom. The third-order valence-corrected chi connectivity index (χ3v) is 5.12. The van der Waals surface area contributed by atoms with E-state index in [9.17, 15) is 0 Å². The predicted molar refractivity (Wildman–Crippen MR) is 101 cm³/mol. The van der Waals surface area contributed by atoms with Crippen LogP contribution in [0.4, 0.5) is 0 Å². The zero-order valence-corrected chi connectivity index (χ0v) is 15.4. The monoisotopic (exact) mass is 363 g/mol. The first-order valence-electron chi connectivity index (χ1n) is 9.16. The van der Waals surface area contributed by atoms with Gasteiger partial charge in [0.2, 0.25) is 0 Å². The van der Waals surface area contributed by atoms with Gasteiger partial charge in [-0.15, -0.1) is 0 Å². The molecule has 0 radical (unpaired) electrons. The number of fused-ring (bicyclic) bond motifs is 1. The third-order valence-electron chi connectivity index (χ3n) is 5.12. The van der Waals surface area contributed by atoms with E-state index >= 15 is 0 Å². The Hall–Kier alpha value is -3.00. The number of nitrogens with zero attached hydrogens (tertiary/aromatic N) is 7. The molecule has 0 unspecified atom stereocenters. The van der Waals surface area contributed by atoms with E-state index in [4.69, 9.17) is 19.9 Å². The lowest BCUT2D eigenvalue weighted by atomic mass is 10.00. The maximum Gasteiger partial charge on any atom is 0.184 e. The molecule has 1 fully saturated rings. The van der Waals surface area contributed by atoms with Gasteiger partial charge in [-0.2, -0.15) is 15.3 Å². The maximum atomic E-state index is 5.50. The Kier molecular flexibility index (Phi) is 3.78. The molecular weight excluding hydrogens is 342 g/mol. The lowest BCUT2D eigenvalue weighted by Crippen LogP contribution is -2.15. The van der Waals surface area contributed by atoms with Gasteiger partial charge in [0.15, 0.2) is 11.6 Å². The van der Waals surface area contributed by atoms with E-state index in [1.165, 1.54) is 0 Å². The van der Waals surface area contributed by atoms with Gasteiger partial charge in [0, 0.05) is 38.6 Å². The molecule has 8 heteroatoms. The number of ether oxygens (including phenoxy) is 1. The summed E-state index contributed by atoms with van der Waals surface area (Å²) < 4.78 is 11.0. The van der Waals surface area contributed by atoms with Gasteiger partial charge in [0.05, 0.1) is 17.9 Å². The standard InChI is InChI=1S/C19H21N7O/c1-24-12-14(11-20-24)26-19(21-18(23-26)13-7-9-27-10-8-13)17-15-5-3-4-6-16(15)25(2)22-17/h3-6,11-13H,7-10H2,1-2H3. The predicted octanol–water partition coefficient (Wildman–Crippen LogP) is 2.45. The highest BCUT2D eigenvalue weighted by Gasteiger charge is 2.25. The largest absolute Gasteiger partial charge is 0.381 e. The Bertz CT molecular complexity index is 1100. The fraction of sp³-hybridized carbons (Fsp3) is 0.368. The van der Waals surface area contributed by atoms with E-state index < -0.39 is 0 Å². The zero-order valence-electron chi connectivity index (χ0n) is 15.4. The van der Waals surface area contributed by atoms with E-state index in [2.05, 4.69) is 17.2 Å². The molecule has 0 saturated carbocycles. The molecule has 27 heavy (non-hydrogen) atoms. The van der Waals surface area contributed by atoms with Crippen LogP contribution < -0.4 is 0 Å². The van der Waals surface area contributed by atoms with E-state index in [-0.39, 0.29) is 0 Å². The molecule has 0 bridgehead atoms. The average Bonchev–Trinajstić information content (AvgIpc) is 3.40. The van der Waals surface area contributed by atoms with E-state index in [0.29, 0.717) is 5.92 Å². The second kappa shape index (κ2) is 6.31. The van der Waals surface area contributed by atoms with E-state index in [0.717, 1.165) is 60.0 Å². The number of hydrogen-bond donors (Lipinski definition) is 0. The quantitative estimate of drug-likeness (QED) is 0.559. The summed E-state index contributed by atoms with van der Waals surface area (Å²) in [7, 11) is 3.85. The summed E-state index contributed by atoms with van der Waals surface area (Å²) in [6, 6.07) is 8.19. The molecule has 3 aromatic heterocycles. The van der Waals surface area contributed by atoms with Crippen LogP contribution in [0.15, 0.2) is 36.7 Å². The first kappa shape index (κ1) is 16.2. The molecule has 1 aliphatic rings. The molecule has 4 heterocycles. The van der Waals surface area contributed by atoms with Crippen LogP contribution in [0, 0.1) is 0 Å². The van der Waals surface area contributed by atoms with Crippen LogP contribution in [0.2, 0.25) is 0 Å². The number of aryl methyl sites for hydroxylation is 2. The summed E-state index contributed by atoms with van der Waals surface area (Å²) >= 11 is 0. The summed E-state index contributed by atoms with van der Waals surface area (Å²) in [5.41, 5.74) is 2.79.